The third-order valence-electron chi connectivity index (χ3n) is 5.71. The lowest BCUT2D eigenvalue weighted by molar-refractivity contribution is 0.157. The molecule has 0 amide bonds. The minimum absolute atomic E-state index is 0.385. The maximum absolute atomic E-state index is 10.8. The van der Waals surface area contributed by atoms with Crippen molar-refractivity contribution in [1.82, 2.24) is 24.4 Å². The van der Waals surface area contributed by atoms with E-state index in [0.717, 1.165) is 41.8 Å². The van der Waals surface area contributed by atoms with Gasteiger partial charge in [-0.05, 0) is 57.5 Å². The molecule has 1 saturated heterocycles. The number of fused-ring (bicyclic) bond motifs is 1. The van der Waals surface area contributed by atoms with Crippen LogP contribution in [0.2, 0.25) is 0 Å². The molecule has 1 fully saturated rings. The van der Waals surface area contributed by atoms with Gasteiger partial charge in [0, 0.05) is 29.7 Å². The van der Waals surface area contributed by atoms with E-state index in [9.17, 15) is 5.11 Å². The van der Waals surface area contributed by atoms with Crippen molar-refractivity contribution in [1.29, 1.82) is 0 Å². The van der Waals surface area contributed by atoms with Gasteiger partial charge in [0.05, 0.1) is 29.9 Å². The number of aliphatic hydroxyl groups is 1. The van der Waals surface area contributed by atoms with Crippen LogP contribution in [0.25, 0.3) is 11.0 Å². The number of likely N-dealkylation sites (tertiary alicyclic amines) is 1. The number of aromatic nitrogens is 4. The first-order chi connectivity index (χ1) is 13.1. The Kier molecular flexibility index (Phi) is 4.93. The van der Waals surface area contributed by atoms with E-state index in [-0.39, 0.29) is 0 Å². The molecule has 4 heterocycles. The molecular formula is C21H27N5O. The third kappa shape index (κ3) is 3.24. The van der Waals surface area contributed by atoms with Crippen LogP contribution in [-0.4, -0.2) is 43.1 Å². The molecule has 0 aliphatic carbocycles. The van der Waals surface area contributed by atoms with Crippen molar-refractivity contribution in [2.45, 2.75) is 51.8 Å². The molecule has 0 aromatic carbocycles. The zero-order chi connectivity index (χ0) is 19.0. The Morgan fingerprint density at radius 1 is 1.30 bits per heavy atom. The highest BCUT2D eigenvalue weighted by Crippen LogP contribution is 2.39. The van der Waals surface area contributed by atoms with Crippen LogP contribution in [0.4, 0.5) is 0 Å². The van der Waals surface area contributed by atoms with Crippen molar-refractivity contribution in [2.75, 3.05) is 13.6 Å². The molecule has 0 spiro atoms. The Balaban J connectivity index is 1.84. The molecule has 6 heteroatoms. The second kappa shape index (κ2) is 7.37. The topological polar surface area (TPSA) is 67.1 Å². The van der Waals surface area contributed by atoms with Gasteiger partial charge < -0.3 is 9.67 Å². The summed E-state index contributed by atoms with van der Waals surface area (Å²) in [5, 5.41) is 10.8. The Labute approximate surface area is 159 Å². The lowest BCUT2D eigenvalue weighted by Crippen LogP contribution is -2.19. The summed E-state index contributed by atoms with van der Waals surface area (Å²) in [5.74, 6) is 0.791. The predicted octanol–water partition coefficient (Wildman–Crippen LogP) is 3.20. The van der Waals surface area contributed by atoms with E-state index in [1.54, 1.807) is 12.4 Å². The molecule has 0 bridgehead atoms. The normalized spacial score (nSPS) is 19.0. The standard InChI is InChI=1S/C21H27N5O/c1-4-16-20(17-6-5-11-25(17)3)21-18(12-23-14(2)24-21)26(16)13-19(27)15-7-9-22-10-8-15/h7-10,12,17,19,27H,4-6,11,13H2,1-3H3. The van der Waals surface area contributed by atoms with E-state index < -0.39 is 6.10 Å². The summed E-state index contributed by atoms with van der Waals surface area (Å²) in [5.41, 5.74) is 5.51. The van der Waals surface area contributed by atoms with E-state index in [1.807, 2.05) is 25.3 Å². The number of pyridine rings is 1. The van der Waals surface area contributed by atoms with Crippen molar-refractivity contribution in [3.05, 3.63) is 53.4 Å². The summed E-state index contributed by atoms with van der Waals surface area (Å²) in [7, 11) is 2.19. The van der Waals surface area contributed by atoms with E-state index in [4.69, 9.17) is 4.98 Å². The largest absolute Gasteiger partial charge is 0.387 e. The Morgan fingerprint density at radius 2 is 2.07 bits per heavy atom. The van der Waals surface area contributed by atoms with Crippen LogP contribution in [0.3, 0.4) is 0 Å². The van der Waals surface area contributed by atoms with Gasteiger partial charge in [0.2, 0.25) is 0 Å². The van der Waals surface area contributed by atoms with Gasteiger partial charge in [-0.2, -0.15) is 0 Å². The van der Waals surface area contributed by atoms with Gasteiger partial charge in [-0.15, -0.1) is 0 Å². The van der Waals surface area contributed by atoms with Crippen LogP contribution in [0.1, 0.15) is 54.6 Å². The lowest BCUT2D eigenvalue weighted by atomic mass is 10.0. The van der Waals surface area contributed by atoms with Crippen molar-refractivity contribution >= 4 is 11.0 Å². The molecule has 142 valence electrons. The number of hydrogen-bond donors (Lipinski definition) is 1. The van der Waals surface area contributed by atoms with Gasteiger partial charge >= 0.3 is 0 Å². The summed E-state index contributed by atoms with van der Waals surface area (Å²) in [6.07, 6.45) is 8.02. The van der Waals surface area contributed by atoms with E-state index in [2.05, 4.69) is 33.4 Å². The molecule has 2 atom stereocenters. The van der Waals surface area contributed by atoms with Crippen LogP contribution in [0.5, 0.6) is 0 Å². The maximum Gasteiger partial charge on any atom is 0.126 e. The van der Waals surface area contributed by atoms with Crippen molar-refractivity contribution in [2.24, 2.45) is 0 Å². The molecule has 6 nitrogen and oxygen atoms in total. The third-order valence-corrected chi connectivity index (χ3v) is 5.71. The number of nitrogens with zero attached hydrogens (tertiary/aromatic N) is 5. The van der Waals surface area contributed by atoms with Crippen molar-refractivity contribution in [3.63, 3.8) is 0 Å². The van der Waals surface area contributed by atoms with Gasteiger partial charge in [-0.3, -0.25) is 9.88 Å². The van der Waals surface area contributed by atoms with Crippen LogP contribution in [-0.2, 0) is 13.0 Å². The quantitative estimate of drug-likeness (QED) is 0.752. The summed E-state index contributed by atoms with van der Waals surface area (Å²) in [6.45, 7) is 5.73. The van der Waals surface area contributed by atoms with Crippen LogP contribution in [0.15, 0.2) is 30.7 Å². The number of hydrogen-bond acceptors (Lipinski definition) is 5. The average molecular weight is 365 g/mol. The molecule has 4 rings (SSSR count). The minimum atomic E-state index is -0.593. The lowest BCUT2D eigenvalue weighted by Gasteiger charge is -2.21. The second-order valence-corrected chi connectivity index (χ2v) is 7.41. The number of aliphatic hydroxyl groups excluding tert-OH is 1. The fraction of sp³-hybridized carbons (Fsp3) is 0.476. The van der Waals surface area contributed by atoms with E-state index >= 15 is 0 Å². The molecule has 1 aliphatic rings. The molecule has 0 saturated carbocycles. The van der Waals surface area contributed by atoms with Gasteiger partial charge in [0.15, 0.2) is 0 Å². The fourth-order valence-electron chi connectivity index (χ4n) is 4.37. The summed E-state index contributed by atoms with van der Waals surface area (Å²) < 4.78 is 2.22. The fourth-order valence-corrected chi connectivity index (χ4v) is 4.37. The first kappa shape index (κ1) is 18.1. The molecule has 27 heavy (non-hydrogen) atoms. The number of rotatable bonds is 5. The molecule has 1 aliphatic heterocycles. The Hall–Kier alpha value is -2.31. The van der Waals surface area contributed by atoms with Crippen LogP contribution < -0.4 is 0 Å². The highest BCUT2D eigenvalue weighted by atomic mass is 16.3. The van der Waals surface area contributed by atoms with Gasteiger partial charge in [-0.1, -0.05) is 6.92 Å². The summed E-state index contributed by atoms with van der Waals surface area (Å²) in [6, 6.07) is 4.12. The molecule has 2 unspecified atom stereocenters. The minimum Gasteiger partial charge on any atom is -0.387 e. The Morgan fingerprint density at radius 3 is 2.74 bits per heavy atom. The SMILES string of the molecule is CCc1c(C2CCCN2C)c2nc(C)ncc2n1CC(O)c1ccncc1. The van der Waals surface area contributed by atoms with Crippen LogP contribution >= 0.6 is 0 Å². The molecule has 0 radical (unpaired) electrons. The first-order valence-corrected chi connectivity index (χ1v) is 9.73. The summed E-state index contributed by atoms with van der Waals surface area (Å²) >= 11 is 0. The van der Waals surface area contributed by atoms with Gasteiger partial charge in [0.25, 0.3) is 0 Å². The first-order valence-electron chi connectivity index (χ1n) is 9.73. The number of aryl methyl sites for hydroxylation is 1. The molecular weight excluding hydrogens is 338 g/mol. The molecule has 1 N–H and O–H groups in total. The van der Waals surface area contributed by atoms with Gasteiger partial charge in [0.1, 0.15) is 5.82 Å². The zero-order valence-electron chi connectivity index (χ0n) is 16.3. The van der Waals surface area contributed by atoms with Crippen molar-refractivity contribution in [3.8, 4) is 0 Å². The second-order valence-electron chi connectivity index (χ2n) is 7.41. The van der Waals surface area contributed by atoms with Crippen molar-refractivity contribution < 1.29 is 5.11 Å². The zero-order valence-corrected chi connectivity index (χ0v) is 16.3. The summed E-state index contributed by atoms with van der Waals surface area (Å²) in [4.78, 5) is 15.7. The maximum atomic E-state index is 10.8. The molecule has 3 aromatic rings. The van der Waals surface area contributed by atoms with Gasteiger partial charge in [-0.25, -0.2) is 9.97 Å². The smallest absolute Gasteiger partial charge is 0.126 e. The monoisotopic (exact) mass is 365 g/mol. The van der Waals surface area contributed by atoms with Crippen LogP contribution in [0, 0.1) is 6.92 Å². The highest BCUT2D eigenvalue weighted by molar-refractivity contribution is 5.81. The highest BCUT2D eigenvalue weighted by Gasteiger charge is 2.30. The average Bonchev–Trinajstić information content (AvgIpc) is 3.22. The Bertz CT molecular complexity index is 937. The van der Waals surface area contributed by atoms with E-state index in [1.165, 1.54) is 17.7 Å². The predicted molar refractivity (Wildman–Crippen MR) is 105 cm³/mol. The molecule has 3 aromatic heterocycles. The van der Waals surface area contributed by atoms with E-state index in [0.29, 0.717) is 12.6 Å².